The molecule has 4 heteroatoms. The molecule has 0 aromatic heterocycles. The number of aliphatic hydroxyl groups excluding tert-OH is 1. The molecule has 2 heterocycles. The Morgan fingerprint density at radius 3 is 2.62 bits per heavy atom. The van der Waals surface area contributed by atoms with E-state index in [2.05, 4.69) is 6.92 Å². The van der Waals surface area contributed by atoms with E-state index < -0.39 is 11.7 Å². The molecule has 21 heavy (non-hydrogen) atoms. The third-order valence-corrected chi connectivity index (χ3v) is 4.86. The van der Waals surface area contributed by atoms with Gasteiger partial charge in [0.25, 0.3) is 0 Å². The van der Waals surface area contributed by atoms with E-state index in [1.807, 2.05) is 44.2 Å². The second-order valence-electron chi connectivity index (χ2n) is 6.20. The lowest BCUT2D eigenvalue weighted by molar-refractivity contribution is -0.355. The molecule has 0 aliphatic carbocycles. The van der Waals surface area contributed by atoms with Gasteiger partial charge in [-0.2, -0.15) is 0 Å². The summed E-state index contributed by atoms with van der Waals surface area (Å²) in [5.74, 6) is 0.0174. The summed E-state index contributed by atoms with van der Waals surface area (Å²) in [5, 5.41) is 10.3. The molecule has 4 nitrogen and oxygen atoms in total. The Kier molecular flexibility index (Phi) is 4.06. The Balaban J connectivity index is 1.85. The maximum Gasteiger partial charge on any atom is 0.184 e. The van der Waals surface area contributed by atoms with Crippen LogP contribution in [0, 0.1) is 5.92 Å². The smallest absolute Gasteiger partial charge is 0.184 e. The quantitative estimate of drug-likeness (QED) is 0.910. The lowest BCUT2D eigenvalue weighted by Crippen LogP contribution is -2.65. The van der Waals surface area contributed by atoms with Crippen molar-refractivity contribution in [2.45, 2.75) is 57.4 Å². The van der Waals surface area contributed by atoms with E-state index in [9.17, 15) is 5.11 Å². The lowest BCUT2D eigenvalue weighted by Gasteiger charge is -2.54. The maximum atomic E-state index is 10.3. The zero-order valence-electron chi connectivity index (χ0n) is 12.9. The highest BCUT2D eigenvalue weighted by atomic mass is 16.7. The number of fused-ring (bicyclic) bond motifs is 1. The van der Waals surface area contributed by atoms with Crippen LogP contribution in [0.5, 0.6) is 0 Å². The molecule has 2 saturated heterocycles. The van der Waals surface area contributed by atoms with Gasteiger partial charge in [-0.25, -0.2) is 0 Å². The fraction of sp³-hybridized carbons (Fsp3) is 0.647. The molecule has 2 aliphatic rings. The molecule has 0 amide bonds. The van der Waals surface area contributed by atoms with Gasteiger partial charge < -0.3 is 19.3 Å². The predicted octanol–water partition coefficient (Wildman–Crippen LogP) is 2.67. The summed E-state index contributed by atoms with van der Waals surface area (Å²) >= 11 is 0. The third kappa shape index (κ3) is 2.50. The molecule has 1 N–H and O–H groups in total. The first kappa shape index (κ1) is 15.0. The number of rotatable bonds is 2. The number of aliphatic hydroxyl groups is 1. The van der Waals surface area contributed by atoms with E-state index in [4.69, 9.17) is 14.2 Å². The summed E-state index contributed by atoms with van der Waals surface area (Å²) in [6.07, 6.45) is -0.448. The summed E-state index contributed by atoms with van der Waals surface area (Å²) in [6, 6.07) is 9.91. The number of ether oxygens (including phenoxy) is 3. The minimum atomic E-state index is -0.510. The normalized spacial score (nSPS) is 43.3. The van der Waals surface area contributed by atoms with Crippen LogP contribution in [0.25, 0.3) is 0 Å². The largest absolute Gasteiger partial charge is 0.390 e. The molecule has 0 bridgehead atoms. The first-order valence-electron chi connectivity index (χ1n) is 7.75. The van der Waals surface area contributed by atoms with Crippen LogP contribution in [0.4, 0.5) is 0 Å². The fourth-order valence-corrected chi connectivity index (χ4v) is 3.52. The summed E-state index contributed by atoms with van der Waals surface area (Å²) in [6.45, 7) is 6.53. The first-order chi connectivity index (χ1) is 10.1. The van der Waals surface area contributed by atoms with Crippen molar-refractivity contribution in [2.75, 3.05) is 6.61 Å². The monoisotopic (exact) mass is 292 g/mol. The van der Waals surface area contributed by atoms with Gasteiger partial charge in [-0.15, -0.1) is 0 Å². The first-order valence-corrected chi connectivity index (χ1v) is 7.75. The van der Waals surface area contributed by atoms with E-state index in [-0.39, 0.29) is 24.4 Å². The molecule has 2 fully saturated rings. The van der Waals surface area contributed by atoms with E-state index in [0.29, 0.717) is 6.61 Å². The van der Waals surface area contributed by atoms with Gasteiger partial charge in [-0.1, -0.05) is 44.2 Å². The van der Waals surface area contributed by atoms with Gasteiger partial charge >= 0.3 is 0 Å². The molecule has 3 rings (SSSR count). The molecule has 116 valence electrons. The second kappa shape index (κ2) is 5.69. The van der Waals surface area contributed by atoms with Gasteiger partial charge in [0, 0.05) is 11.5 Å². The van der Waals surface area contributed by atoms with E-state index >= 15 is 0 Å². The van der Waals surface area contributed by atoms with Crippen molar-refractivity contribution < 1.29 is 19.3 Å². The average molecular weight is 292 g/mol. The van der Waals surface area contributed by atoms with Crippen molar-refractivity contribution in [1.29, 1.82) is 0 Å². The van der Waals surface area contributed by atoms with Crippen LogP contribution in [-0.4, -0.2) is 35.6 Å². The zero-order chi connectivity index (χ0) is 15.0. The Hall–Kier alpha value is -0.940. The predicted molar refractivity (Wildman–Crippen MR) is 78.7 cm³/mol. The molecule has 1 aromatic carbocycles. The van der Waals surface area contributed by atoms with Crippen LogP contribution in [0.3, 0.4) is 0 Å². The minimum absolute atomic E-state index is 0.0174. The van der Waals surface area contributed by atoms with E-state index in [1.54, 1.807) is 0 Å². The Morgan fingerprint density at radius 2 is 1.95 bits per heavy atom. The number of benzene rings is 1. The minimum Gasteiger partial charge on any atom is -0.390 e. The van der Waals surface area contributed by atoms with Gasteiger partial charge in [0.05, 0.1) is 24.9 Å². The van der Waals surface area contributed by atoms with Crippen LogP contribution in [0.2, 0.25) is 0 Å². The van der Waals surface area contributed by atoms with Crippen molar-refractivity contribution in [3.63, 3.8) is 0 Å². The van der Waals surface area contributed by atoms with E-state index in [1.165, 1.54) is 0 Å². The lowest BCUT2D eigenvalue weighted by atomic mass is 9.78. The van der Waals surface area contributed by atoms with Crippen LogP contribution in [0.1, 0.15) is 39.0 Å². The van der Waals surface area contributed by atoms with Crippen molar-refractivity contribution in [1.82, 2.24) is 0 Å². The van der Waals surface area contributed by atoms with Crippen molar-refractivity contribution in [2.24, 2.45) is 5.92 Å². The van der Waals surface area contributed by atoms with Crippen molar-refractivity contribution >= 4 is 0 Å². The maximum absolute atomic E-state index is 10.3. The van der Waals surface area contributed by atoms with Crippen molar-refractivity contribution in [3.05, 3.63) is 35.9 Å². The van der Waals surface area contributed by atoms with Crippen LogP contribution in [0.15, 0.2) is 30.3 Å². The van der Waals surface area contributed by atoms with Gasteiger partial charge in [-0.3, -0.25) is 0 Å². The molecule has 0 radical (unpaired) electrons. The summed E-state index contributed by atoms with van der Waals surface area (Å²) < 4.78 is 18.2. The standard InChI is InChI=1S/C17H24O4/c1-4-17-10-19-16(13-8-6-5-7-9-13)20-15(17)11(2)14(18)12(3)21-17/h5-9,11-12,14-16,18H,4,10H2,1-3H3. The van der Waals surface area contributed by atoms with Gasteiger partial charge in [0.15, 0.2) is 6.29 Å². The average Bonchev–Trinajstić information content (AvgIpc) is 2.53. The third-order valence-electron chi connectivity index (χ3n) is 4.86. The van der Waals surface area contributed by atoms with Crippen LogP contribution >= 0.6 is 0 Å². The summed E-state index contributed by atoms with van der Waals surface area (Å²) in [5.41, 5.74) is 0.547. The van der Waals surface area contributed by atoms with Crippen LogP contribution < -0.4 is 0 Å². The molecule has 1 aromatic rings. The molecule has 6 unspecified atom stereocenters. The summed E-state index contributed by atoms with van der Waals surface area (Å²) in [4.78, 5) is 0. The molecule has 0 saturated carbocycles. The number of hydrogen-bond acceptors (Lipinski definition) is 4. The van der Waals surface area contributed by atoms with Gasteiger partial charge in [0.1, 0.15) is 5.60 Å². The van der Waals surface area contributed by atoms with Gasteiger partial charge in [-0.05, 0) is 13.3 Å². The SMILES string of the molecule is CCC12COC(c3ccccc3)OC1C(C)C(O)C(C)O2. The number of hydrogen-bond donors (Lipinski definition) is 1. The Bertz CT molecular complexity index is 477. The zero-order valence-corrected chi connectivity index (χ0v) is 12.9. The highest BCUT2D eigenvalue weighted by Crippen LogP contribution is 2.44. The fourth-order valence-electron chi connectivity index (χ4n) is 3.52. The molecular formula is C17H24O4. The van der Waals surface area contributed by atoms with Gasteiger partial charge in [0.2, 0.25) is 0 Å². The Morgan fingerprint density at radius 1 is 1.24 bits per heavy atom. The highest BCUT2D eigenvalue weighted by Gasteiger charge is 2.54. The molecule has 6 atom stereocenters. The highest BCUT2D eigenvalue weighted by molar-refractivity contribution is 5.17. The topological polar surface area (TPSA) is 47.9 Å². The van der Waals surface area contributed by atoms with Crippen molar-refractivity contribution in [3.8, 4) is 0 Å². The molecule has 0 spiro atoms. The molecular weight excluding hydrogens is 268 g/mol. The Labute approximate surface area is 126 Å². The van der Waals surface area contributed by atoms with E-state index in [0.717, 1.165) is 12.0 Å². The second-order valence-corrected chi connectivity index (χ2v) is 6.20. The summed E-state index contributed by atoms with van der Waals surface area (Å²) in [7, 11) is 0. The van der Waals surface area contributed by atoms with Crippen LogP contribution in [-0.2, 0) is 14.2 Å². The molecule has 2 aliphatic heterocycles.